The summed E-state index contributed by atoms with van der Waals surface area (Å²) in [7, 11) is 1.17. The minimum atomic E-state index is -1.53. The first-order valence-electron chi connectivity index (χ1n) is 8.32. The number of alkyl carbamates (subject to hydrolysis) is 2. The molecule has 26 heavy (non-hydrogen) atoms. The number of rotatable bonds is 6. The highest BCUT2D eigenvalue weighted by Crippen LogP contribution is 2.17. The molecule has 0 aliphatic rings. The van der Waals surface area contributed by atoms with Crippen LogP contribution in [0, 0.1) is 0 Å². The first-order chi connectivity index (χ1) is 11.6. The van der Waals surface area contributed by atoms with Gasteiger partial charge in [0.2, 0.25) is 0 Å². The average molecular weight is 376 g/mol. The van der Waals surface area contributed by atoms with Gasteiger partial charge in [0.05, 0.1) is 19.8 Å². The summed E-state index contributed by atoms with van der Waals surface area (Å²) in [5.41, 5.74) is -3.00. The van der Waals surface area contributed by atoms with Gasteiger partial charge < -0.3 is 30.0 Å². The van der Waals surface area contributed by atoms with Crippen molar-refractivity contribution in [2.75, 3.05) is 13.7 Å². The Kier molecular flexibility index (Phi) is 8.36. The van der Waals surface area contributed by atoms with E-state index in [1.165, 1.54) is 14.0 Å². The molecular formula is C17H32N2O7. The zero-order valence-corrected chi connectivity index (χ0v) is 16.9. The summed E-state index contributed by atoms with van der Waals surface area (Å²) in [6, 6.07) is -0.858. The van der Waals surface area contributed by atoms with Crippen LogP contribution in [0.25, 0.3) is 0 Å². The van der Waals surface area contributed by atoms with Crippen molar-refractivity contribution in [3.8, 4) is 0 Å². The molecule has 9 heteroatoms. The zero-order chi connectivity index (χ0) is 20.8. The molecule has 9 nitrogen and oxygen atoms in total. The van der Waals surface area contributed by atoms with Gasteiger partial charge in [0.1, 0.15) is 16.7 Å². The van der Waals surface area contributed by atoms with Crippen molar-refractivity contribution < 1.29 is 33.7 Å². The average Bonchev–Trinajstić information content (AvgIpc) is 2.41. The molecular weight excluding hydrogens is 344 g/mol. The third-order valence-corrected chi connectivity index (χ3v) is 3.01. The van der Waals surface area contributed by atoms with Crippen LogP contribution in [0.2, 0.25) is 0 Å². The summed E-state index contributed by atoms with van der Waals surface area (Å²) in [4.78, 5) is 36.1. The Balaban J connectivity index is 5.18. The molecule has 0 radical (unpaired) electrons. The van der Waals surface area contributed by atoms with Crippen molar-refractivity contribution in [1.29, 1.82) is 0 Å². The molecule has 0 aromatic heterocycles. The molecule has 3 N–H and O–H groups in total. The number of hydrogen-bond acceptors (Lipinski definition) is 7. The van der Waals surface area contributed by atoms with Crippen molar-refractivity contribution in [2.24, 2.45) is 0 Å². The minimum absolute atomic E-state index is 0.130. The smallest absolute Gasteiger partial charge is 0.408 e. The number of esters is 1. The summed E-state index contributed by atoms with van der Waals surface area (Å²) < 4.78 is 15.0. The second-order valence-electron chi connectivity index (χ2n) is 8.18. The first-order valence-corrected chi connectivity index (χ1v) is 8.32. The molecule has 0 heterocycles. The third-order valence-electron chi connectivity index (χ3n) is 3.01. The maximum absolute atomic E-state index is 12.2. The summed E-state index contributed by atoms with van der Waals surface area (Å²) in [5.74, 6) is -0.743. The normalized spacial score (nSPS) is 15.3. The number of aliphatic hydroxyl groups excluding tert-OH is 1. The lowest BCUT2D eigenvalue weighted by molar-refractivity contribution is -0.148. The molecule has 0 unspecified atom stereocenters. The predicted molar refractivity (Wildman–Crippen MR) is 94.7 cm³/mol. The molecule has 0 rings (SSSR count). The Hall–Kier alpha value is -2.03. The highest BCUT2D eigenvalue weighted by atomic mass is 16.6. The monoisotopic (exact) mass is 376 g/mol. The highest BCUT2D eigenvalue weighted by molar-refractivity contribution is 5.85. The van der Waals surface area contributed by atoms with E-state index < -0.39 is 47.5 Å². The molecule has 0 aliphatic heterocycles. The molecule has 152 valence electrons. The van der Waals surface area contributed by atoms with Crippen LogP contribution in [0.3, 0.4) is 0 Å². The fourth-order valence-corrected chi connectivity index (χ4v) is 2.07. The Morgan fingerprint density at radius 1 is 0.923 bits per heavy atom. The lowest BCUT2D eigenvalue weighted by Gasteiger charge is -2.32. The van der Waals surface area contributed by atoms with Gasteiger partial charge in [0, 0.05) is 6.42 Å². The van der Waals surface area contributed by atoms with Crippen LogP contribution in [-0.4, -0.2) is 59.8 Å². The lowest BCUT2D eigenvalue weighted by atomic mass is 9.93. The Morgan fingerprint density at radius 3 is 1.77 bits per heavy atom. The standard InChI is InChI=1S/C17H32N2O7/c1-15(2,3)25-13(22)18-11(10-20)9-17(7,12(21)24-8)19-14(23)26-16(4,5)6/h11,20H,9-10H2,1-8H3,(H,18,22)(H,19,23)/t11-,17+/m0/s1. The van der Waals surface area contributed by atoms with Gasteiger partial charge in [-0.15, -0.1) is 0 Å². The molecule has 0 aliphatic carbocycles. The third kappa shape index (κ3) is 9.45. The van der Waals surface area contributed by atoms with E-state index >= 15 is 0 Å². The van der Waals surface area contributed by atoms with Crippen molar-refractivity contribution in [3.63, 3.8) is 0 Å². The zero-order valence-electron chi connectivity index (χ0n) is 16.9. The van der Waals surface area contributed by atoms with Gasteiger partial charge in [-0.2, -0.15) is 0 Å². The van der Waals surface area contributed by atoms with Crippen molar-refractivity contribution in [2.45, 2.75) is 77.7 Å². The molecule has 0 aromatic carbocycles. The quantitative estimate of drug-likeness (QED) is 0.476. The fourth-order valence-electron chi connectivity index (χ4n) is 2.07. The molecule has 0 spiro atoms. The number of aliphatic hydroxyl groups is 1. The van der Waals surface area contributed by atoms with Gasteiger partial charge in [0.15, 0.2) is 0 Å². The molecule has 0 saturated carbocycles. The van der Waals surface area contributed by atoms with Crippen LogP contribution in [0.1, 0.15) is 54.9 Å². The van der Waals surface area contributed by atoms with E-state index in [0.29, 0.717) is 0 Å². The SMILES string of the molecule is COC(=O)[C@@](C)(C[C@@H](CO)NC(=O)OC(C)(C)C)NC(=O)OC(C)(C)C. The van der Waals surface area contributed by atoms with Crippen LogP contribution in [0.15, 0.2) is 0 Å². The highest BCUT2D eigenvalue weighted by Gasteiger charge is 2.40. The van der Waals surface area contributed by atoms with Gasteiger partial charge >= 0.3 is 18.2 Å². The van der Waals surface area contributed by atoms with Crippen LogP contribution in [0.5, 0.6) is 0 Å². The van der Waals surface area contributed by atoms with E-state index in [2.05, 4.69) is 10.6 Å². The Morgan fingerprint density at radius 2 is 1.38 bits per heavy atom. The maximum atomic E-state index is 12.2. The maximum Gasteiger partial charge on any atom is 0.408 e. The largest absolute Gasteiger partial charge is 0.467 e. The van der Waals surface area contributed by atoms with E-state index in [1.807, 2.05) is 0 Å². The molecule has 0 saturated heterocycles. The molecule has 0 fully saturated rings. The molecule has 0 aromatic rings. The number of hydrogen-bond donors (Lipinski definition) is 3. The van der Waals surface area contributed by atoms with Gasteiger partial charge in [-0.25, -0.2) is 14.4 Å². The number of nitrogens with one attached hydrogen (secondary N) is 2. The van der Waals surface area contributed by atoms with Crippen LogP contribution < -0.4 is 10.6 Å². The van der Waals surface area contributed by atoms with E-state index in [1.54, 1.807) is 41.5 Å². The Labute approximate surface area is 154 Å². The van der Waals surface area contributed by atoms with Crippen LogP contribution >= 0.6 is 0 Å². The number of methoxy groups -OCH3 is 1. The van der Waals surface area contributed by atoms with Crippen LogP contribution in [0.4, 0.5) is 9.59 Å². The summed E-state index contributed by atoms with van der Waals surface area (Å²) in [6.45, 7) is 11.1. The summed E-state index contributed by atoms with van der Waals surface area (Å²) >= 11 is 0. The number of carbonyl (C=O) groups excluding carboxylic acids is 3. The molecule has 0 bridgehead atoms. The number of carbonyl (C=O) groups is 3. The molecule has 2 amide bonds. The summed E-state index contributed by atoms with van der Waals surface area (Å²) in [5, 5.41) is 14.5. The van der Waals surface area contributed by atoms with E-state index in [0.717, 1.165) is 0 Å². The summed E-state index contributed by atoms with van der Waals surface area (Å²) in [6.07, 6.45) is -1.70. The van der Waals surface area contributed by atoms with Crippen molar-refractivity contribution in [3.05, 3.63) is 0 Å². The van der Waals surface area contributed by atoms with E-state index in [-0.39, 0.29) is 6.42 Å². The second kappa shape index (κ2) is 9.07. The minimum Gasteiger partial charge on any atom is -0.467 e. The molecule has 2 atom stereocenters. The lowest BCUT2D eigenvalue weighted by Crippen LogP contribution is -2.58. The van der Waals surface area contributed by atoms with E-state index in [4.69, 9.17) is 14.2 Å². The second-order valence-corrected chi connectivity index (χ2v) is 8.18. The van der Waals surface area contributed by atoms with Gasteiger partial charge in [-0.3, -0.25) is 0 Å². The predicted octanol–water partition coefficient (Wildman–Crippen LogP) is 1.72. The number of amides is 2. The van der Waals surface area contributed by atoms with E-state index in [9.17, 15) is 19.5 Å². The van der Waals surface area contributed by atoms with Crippen molar-refractivity contribution in [1.82, 2.24) is 10.6 Å². The topological polar surface area (TPSA) is 123 Å². The van der Waals surface area contributed by atoms with Gasteiger partial charge in [-0.1, -0.05) is 0 Å². The first kappa shape index (κ1) is 24.0. The number of ether oxygens (including phenoxy) is 3. The van der Waals surface area contributed by atoms with Crippen LogP contribution in [-0.2, 0) is 19.0 Å². The fraction of sp³-hybridized carbons (Fsp3) is 0.824. The van der Waals surface area contributed by atoms with Crippen molar-refractivity contribution >= 4 is 18.2 Å². The Bertz CT molecular complexity index is 508. The van der Waals surface area contributed by atoms with Gasteiger partial charge in [0.25, 0.3) is 0 Å². The van der Waals surface area contributed by atoms with Gasteiger partial charge in [-0.05, 0) is 48.5 Å².